The third kappa shape index (κ3) is 6.59. The summed E-state index contributed by atoms with van der Waals surface area (Å²) < 4.78 is 10.9. The van der Waals surface area contributed by atoms with E-state index >= 15 is 0 Å². The molecule has 0 unspecified atom stereocenters. The Morgan fingerprint density at radius 3 is 2.68 bits per heavy atom. The molecule has 1 aromatic carbocycles. The molecule has 0 saturated carbocycles. The van der Waals surface area contributed by atoms with E-state index < -0.39 is 0 Å². The molecule has 1 aromatic heterocycles. The third-order valence-corrected chi connectivity index (χ3v) is 6.17. The van der Waals surface area contributed by atoms with E-state index in [1.807, 2.05) is 26.0 Å². The predicted octanol–water partition coefficient (Wildman–Crippen LogP) is 2.79. The van der Waals surface area contributed by atoms with E-state index in [0.29, 0.717) is 53.8 Å². The van der Waals surface area contributed by atoms with Crippen LogP contribution in [0, 0.1) is 13.8 Å². The lowest BCUT2D eigenvalue weighted by molar-refractivity contribution is -0.116. The molecular weight excluding hydrogens is 458 g/mol. The van der Waals surface area contributed by atoms with Crippen molar-refractivity contribution in [3.8, 4) is 5.75 Å². The molecule has 2 atom stereocenters. The quantitative estimate of drug-likeness (QED) is 0.488. The number of ether oxygens (including phenoxy) is 2. The zero-order valence-electron chi connectivity index (χ0n) is 20.0. The summed E-state index contributed by atoms with van der Waals surface area (Å²) in [6.45, 7) is 5.76. The number of hydrogen-bond acceptors (Lipinski definition) is 7. The number of halogens is 1. The molecule has 1 saturated heterocycles. The minimum absolute atomic E-state index is 0.0887. The molecule has 2 heterocycles. The number of anilines is 2. The van der Waals surface area contributed by atoms with Crippen molar-refractivity contribution in [2.24, 2.45) is 0 Å². The molecule has 0 aliphatic carbocycles. The summed E-state index contributed by atoms with van der Waals surface area (Å²) in [5.41, 5.74) is 8.38. The summed E-state index contributed by atoms with van der Waals surface area (Å²) in [6, 6.07) is 6.66. The van der Waals surface area contributed by atoms with Crippen LogP contribution in [0.2, 0.25) is 5.02 Å². The van der Waals surface area contributed by atoms with Gasteiger partial charge in [0.25, 0.3) is 5.91 Å². The van der Waals surface area contributed by atoms with Crippen LogP contribution in [-0.4, -0.2) is 67.7 Å². The van der Waals surface area contributed by atoms with Crippen molar-refractivity contribution in [1.82, 2.24) is 15.2 Å². The number of aryl methyl sites for hydroxylation is 2. The molecule has 2 aromatic rings. The predicted molar refractivity (Wildman–Crippen MR) is 132 cm³/mol. The van der Waals surface area contributed by atoms with Crippen LogP contribution in [0.15, 0.2) is 24.3 Å². The maximum absolute atomic E-state index is 12.9. The number of aromatic nitrogens is 1. The number of amides is 2. The minimum atomic E-state index is -0.306. The van der Waals surface area contributed by atoms with Crippen molar-refractivity contribution in [2.75, 3.05) is 44.9 Å². The monoisotopic (exact) mass is 489 g/mol. The van der Waals surface area contributed by atoms with Crippen molar-refractivity contribution in [3.63, 3.8) is 0 Å². The lowest BCUT2D eigenvalue weighted by Crippen LogP contribution is -2.55. The molecule has 9 nitrogen and oxygen atoms in total. The molecule has 2 amide bonds. The van der Waals surface area contributed by atoms with Gasteiger partial charge < -0.3 is 30.7 Å². The number of hydrogen-bond donors (Lipinski definition) is 3. The number of rotatable bonds is 8. The number of nitrogens with zero attached hydrogens (tertiary/aromatic N) is 2. The second kappa shape index (κ2) is 11.5. The van der Waals surface area contributed by atoms with Crippen LogP contribution >= 0.6 is 11.6 Å². The smallest absolute Gasteiger partial charge is 0.255 e. The molecule has 0 bridgehead atoms. The van der Waals surface area contributed by atoms with E-state index in [1.54, 1.807) is 7.11 Å². The van der Waals surface area contributed by atoms with Gasteiger partial charge in [0, 0.05) is 44.9 Å². The first-order chi connectivity index (χ1) is 16.2. The van der Waals surface area contributed by atoms with Crippen LogP contribution in [0.4, 0.5) is 11.5 Å². The van der Waals surface area contributed by atoms with E-state index in [1.165, 1.54) is 19.2 Å². The Balaban J connectivity index is 1.54. The van der Waals surface area contributed by atoms with Gasteiger partial charge in [0.1, 0.15) is 11.6 Å². The summed E-state index contributed by atoms with van der Waals surface area (Å²) in [5.74, 6) is 0.529. The Morgan fingerprint density at radius 2 is 2.00 bits per heavy atom. The van der Waals surface area contributed by atoms with Gasteiger partial charge in [-0.3, -0.25) is 9.59 Å². The van der Waals surface area contributed by atoms with E-state index in [9.17, 15) is 9.59 Å². The van der Waals surface area contributed by atoms with Gasteiger partial charge in [-0.25, -0.2) is 4.98 Å². The number of carbonyl (C=O) groups excluding carboxylic acids is 2. The third-order valence-electron chi connectivity index (χ3n) is 5.85. The van der Waals surface area contributed by atoms with Crippen LogP contribution in [0.5, 0.6) is 5.75 Å². The van der Waals surface area contributed by atoms with Crippen LogP contribution in [0.1, 0.15) is 34.5 Å². The van der Waals surface area contributed by atoms with Crippen molar-refractivity contribution in [2.45, 2.75) is 38.8 Å². The van der Waals surface area contributed by atoms with Crippen LogP contribution in [0.25, 0.3) is 0 Å². The summed E-state index contributed by atoms with van der Waals surface area (Å²) in [7, 11) is 3.09. The Kier molecular flexibility index (Phi) is 8.71. The largest absolute Gasteiger partial charge is 0.496 e. The second-order valence-corrected chi connectivity index (χ2v) is 8.89. The van der Waals surface area contributed by atoms with Gasteiger partial charge in [-0.05, 0) is 44.0 Å². The fraction of sp³-hybridized carbons (Fsp3) is 0.458. The highest BCUT2D eigenvalue weighted by Crippen LogP contribution is 2.29. The first-order valence-corrected chi connectivity index (χ1v) is 11.5. The molecule has 4 N–H and O–H groups in total. The highest BCUT2D eigenvalue weighted by molar-refractivity contribution is 6.33. The molecule has 1 fully saturated rings. The number of carbonyl (C=O) groups is 2. The fourth-order valence-corrected chi connectivity index (χ4v) is 4.28. The Labute approximate surface area is 204 Å². The normalized spacial score (nSPS) is 18.4. The molecule has 0 radical (unpaired) electrons. The number of nitrogen functional groups attached to an aromatic ring is 1. The summed E-state index contributed by atoms with van der Waals surface area (Å²) in [4.78, 5) is 31.8. The van der Waals surface area contributed by atoms with Crippen molar-refractivity contribution < 1.29 is 19.1 Å². The van der Waals surface area contributed by atoms with Gasteiger partial charge in [-0.15, -0.1) is 0 Å². The van der Waals surface area contributed by atoms with Crippen LogP contribution in [-0.2, 0) is 9.53 Å². The molecule has 0 spiro atoms. The number of methoxy groups -OCH3 is 2. The van der Waals surface area contributed by atoms with E-state index in [-0.39, 0.29) is 24.0 Å². The molecule has 10 heteroatoms. The van der Waals surface area contributed by atoms with Crippen LogP contribution < -0.4 is 21.1 Å². The van der Waals surface area contributed by atoms with E-state index in [2.05, 4.69) is 20.5 Å². The van der Waals surface area contributed by atoms with Gasteiger partial charge in [0.15, 0.2) is 0 Å². The first kappa shape index (κ1) is 25.7. The summed E-state index contributed by atoms with van der Waals surface area (Å²) in [6.07, 6.45) is 0.788. The number of pyridine rings is 1. The zero-order chi connectivity index (χ0) is 24.8. The fourth-order valence-electron chi connectivity index (χ4n) is 4.12. The molecule has 1 aliphatic heterocycles. The molecule has 34 heavy (non-hydrogen) atoms. The van der Waals surface area contributed by atoms with Gasteiger partial charge in [0.05, 0.1) is 35.5 Å². The number of benzene rings is 1. The van der Waals surface area contributed by atoms with E-state index in [4.69, 9.17) is 26.8 Å². The lowest BCUT2D eigenvalue weighted by atomic mass is 10.0. The summed E-state index contributed by atoms with van der Waals surface area (Å²) in [5, 5.41) is 6.18. The van der Waals surface area contributed by atoms with Crippen LogP contribution in [0.3, 0.4) is 0 Å². The average Bonchev–Trinajstić information content (AvgIpc) is 2.79. The first-order valence-electron chi connectivity index (χ1n) is 11.1. The minimum Gasteiger partial charge on any atom is -0.496 e. The highest BCUT2D eigenvalue weighted by Gasteiger charge is 2.31. The molecular formula is C24H32ClN5O4. The topological polar surface area (TPSA) is 119 Å². The van der Waals surface area contributed by atoms with Crippen molar-refractivity contribution in [3.05, 3.63) is 46.1 Å². The average molecular weight is 490 g/mol. The van der Waals surface area contributed by atoms with Gasteiger partial charge in [-0.1, -0.05) is 11.6 Å². The number of piperidine rings is 1. The SMILES string of the molecule is COc1cc(N)c(Cl)cc1C(=O)N[C@H]1CCN(CCC(=O)Nc2cc(C)cc(C)n2)C[C@H]1OC. The number of nitrogens with two attached hydrogens (primary N) is 1. The Bertz CT molecular complexity index is 1030. The van der Waals surface area contributed by atoms with Crippen molar-refractivity contribution in [1.29, 1.82) is 0 Å². The van der Waals surface area contributed by atoms with E-state index in [0.717, 1.165) is 17.8 Å². The number of nitrogens with one attached hydrogen (secondary N) is 2. The van der Waals surface area contributed by atoms with Gasteiger partial charge in [0.2, 0.25) is 5.91 Å². The lowest BCUT2D eigenvalue weighted by Gasteiger charge is -2.38. The maximum atomic E-state index is 12.9. The Morgan fingerprint density at radius 1 is 1.24 bits per heavy atom. The molecule has 184 valence electrons. The standard InChI is InChI=1S/C24H32ClN5O4/c1-14-9-15(2)27-22(10-14)29-23(31)6-8-30-7-5-19(21(13-30)34-4)28-24(32)16-11-17(25)18(26)12-20(16)33-3/h9-12,19,21H,5-8,13,26H2,1-4H3,(H,28,32)(H,27,29,31)/t19-,21+/m0/s1. The van der Waals surface area contributed by atoms with Gasteiger partial charge in [-0.2, -0.15) is 0 Å². The second-order valence-electron chi connectivity index (χ2n) is 8.49. The van der Waals surface area contributed by atoms with Crippen molar-refractivity contribution >= 4 is 34.9 Å². The van der Waals surface area contributed by atoms with Gasteiger partial charge >= 0.3 is 0 Å². The maximum Gasteiger partial charge on any atom is 0.255 e. The summed E-state index contributed by atoms with van der Waals surface area (Å²) >= 11 is 6.10. The number of likely N-dealkylation sites (tertiary alicyclic amines) is 1. The molecule has 1 aliphatic rings. The molecule has 3 rings (SSSR count). The zero-order valence-corrected chi connectivity index (χ0v) is 20.7. The Hall–Kier alpha value is -2.88. The highest BCUT2D eigenvalue weighted by atomic mass is 35.5.